The van der Waals surface area contributed by atoms with Crippen molar-refractivity contribution in [2.75, 3.05) is 13.7 Å². The molecule has 0 aliphatic carbocycles. The molecule has 0 fully saturated rings. The maximum absolute atomic E-state index is 11.8. The van der Waals surface area contributed by atoms with E-state index in [1.165, 1.54) is 0 Å². The van der Waals surface area contributed by atoms with E-state index in [-0.39, 0.29) is 12.5 Å². The lowest BCUT2D eigenvalue weighted by Gasteiger charge is -2.11. The van der Waals surface area contributed by atoms with Gasteiger partial charge in [-0.15, -0.1) is 0 Å². The monoisotopic (exact) mass is 431 g/mol. The first-order chi connectivity index (χ1) is 10.6. The molecule has 0 bridgehead atoms. The molecule has 0 aliphatic rings. The lowest BCUT2D eigenvalue weighted by atomic mass is 10.2. The molecule has 4 nitrogen and oxygen atoms in total. The summed E-state index contributed by atoms with van der Waals surface area (Å²) in [5.41, 5.74) is 0.817. The number of amides is 1. The molecule has 0 aliphatic heterocycles. The molecule has 116 valence electrons. The summed E-state index contributed by atoms with van der Waals surface area (Å²) in [6.45, 7) is 0.294. The van der Waals surface area contributed by atoms with E-state index < -0.39 is 0 Å². The summed E-state index contributed by atoms with van der Waals surface area (Å²) in [6.07, 6.45) is 0. The van der Waals surface area contributed by atoms with Crippen molar-refractivity contribution < 1.29 is 14.3 Å². The van der Waals surface area contributed by atoms with Gasteiger partial charge in [0.15, 0.2) is 6.61 Å². The molecule has 0 unspecified atom stereocenters. The van der Waals surface area contributed by atoms with Gasteiger partial charge < -0.3 is 14.8 Å². The first kappa shape index (κ1) is 16.9. The standard InChI is InChI=1S/C16H15ClINO3/c1-21-15-7-2-12(17)8-11(15)9-19-16(20)10-22-14-5-3-13(18)4-6-14/h2-8H,9-10H2,1H3,(H,19,20). The van der Waals surface area contributed by atoms with Crippen molar-refractivity contribution in [3.8, 4) is 11.5 Å². The molecule has 1 amide bonds. The average molecular weight is 432 g/mol. The molecule has 2 aromatic carbocycles. The van der Waals surface area contributed by atoms with Crippen molar-refractivity contribution in [2.24, 2.45) is 0 Å². The van der Waals surface area contributed by atoms with Gasteiger partial charge in [0.05, 0.1) is 7.11 Å². The van der Waals surface area contributed by atoms with Crippen LogP contribution >= 0.6 is 34.2 Å². The first-order valence-electron chi connectivity index (χ1n) is 6.56. The number of hydrogen-bond acceptors (Lipinski definition) is 3. The van der Waals surface area contributed by atoms with Crippen molar-refractivity contribution in [1.82, 2.24) is 5.32 Å². The Kier molecular flexibility index (Phi) is 6.33. The molecule has 0 spiro atoms. The number of methoxy groups -OCH3 is 1. The molecule has 22 heavy (non-hydrogen) atoms. The third kappa shape index (κ3) is 5.06. The number of nitrogens with one attached hydrogen (secondary N) is 1. The molecule has 0 heterocycles. The van der Waals surface area contributed by atoms with Gasteiger partial charge in [0.2, 0.25) is 0 Å². The maximum atomic E-state index is 11.8. The third-order valence-corrected chi connectivity index (χ3v) is 3.86. The minimum atomic E-state index is -0.208. The quantitative estimate of drug-likeness (QED) is 0.710. The molecular formula is C16H15ClINO3. The molecule has 0 radical (unpaired) electrons. The highest BCUT2D eigenvalue weighted by atomic mass is 127. The van der Waals surface area contributed by atoms with Gasteiger partial charge in [-0.2, -0.15) is 0 Å². The summed E-state index contributed by atoms with van der Waals surface area (Å²) < 4.78 is 11.8. The predicted octanol–water partition coefficient (Wildman–Crippen LogP) is 3.65. The summed E-state index contributed by atoms with van der Waals surface area (Å²) in [4.78, 5) is 11.8. The number of halogens is 2. The normalized spacial score (nSPS) is 10.1. The average Bonchev–Trinajstić information content (AvgIpc) is 2.52. The molecule has 2 aromatic rings. The minimum absolute atomic E-state index is 0.0382. The Hall–Kier alpha value is -1.47. The molecule has 1 N–H and O–H groups in total. The van der Waals surface area contributed by atoms with Crippen LogP contribution in [0.5, 0.6) is 11.5 Å². The molecule has 0 saturated heterocycles. The zero-order chi connectivity index (χ0) is 15.9. The molecule has 0 atom stereocenters. The number of benzene rings is 2. The van der Waals surface area contributed by atoms with Crippen LogP contribution in [0.1, 0.15) is 5.56 Å². The van der Waals surface area contributed by atoms with E-state index >= 15 is 0 Å². The van der Waals surface area contributed by atoms with Crippen LogP contribution in [0.2, 0.25) is 5.02 Å². The van der Waals surface area contributed by atoms with E-state index in [1.807, 2.05) is 24.3 Å². The molecule has 2 rings (SSSR count). The van der Waals surface area contributed by atoms with Gasteiger partial charge in [-0.05, 0) is 65.1 Å². The van der Waals surface area contributed by atoms with Crippen LogP contribution in [-0.2, 0) is 11.3 Å². The van der Waals surface area contributed by atoms with Crippen LogP contribution in [0.25, 0.3) is 0 Å². The zero-order valence-corrected chi connectivity index (χ0v) is 14.8. The Morgan fingerprint density at radius 3 is 2.64 bits per heavy atom. The Bertz CT molecular complexity index is 646. The number of rotatable bonds is 6. The second-order valence-corrected chi connectivity index (χ2v) is 6.16. The highest BCUT2D eigenvalue weighted by Crippen LogP contribution is 2.22. The zero-order valence-electron chi connectivity index (χ0n) is 11.9. The Balaban J connectivity index is 1.85. The van der Waals surface area contributed by atoms with Crippen molar-refractivity contribution in [3.05, 3.63) is 56.6 Å². The van der Waals surface area contributed by atoms with E-state index in [2.05, 4.69) is 27.9 Å². The number of hydrogen-bond donors (Lipinski definition) is 1. The number of carbonyl (C=O) groups is 1. The van der Waals surface area contributed by atoms with Crippen LogP contribution in [0.15, 0.2) is 42.5 Å². The Morgan fingerprint density at radius 1 is 1.23 bits per heavy atom. The van der Waals surface area contributed by atoms with Gasteiger partial charge in [-0.1, -0.05) is 11.6 Å². The third-order valence-electron chi connectivity index (χ3n) is 2.90. The SMILES string of the molecule is COc1ccc(Cl)cc1CNC(=O)COc1ccc(I)cc1. The van der Waals surface area contributed by atoms with Crippen molar-refractivity contribution in [3.63, 3.8) is 0 Å². The maximum Gasteiger partial charge on any atom is 0.258 e. The topological polar surface area (TPSA) is 47.6 Å². The molecular weight excluding hydrogens is 417 g/mol. The Labute approximate surface area is 147 Å². The fourth-order valence-corrected chi connectivity index (χ4v) is 2.36. The van der Waals surface area contributed by atoms with Crippen LogP contribution in [0.4, 0.5) is 0 Å². The molecule has 0 aromatic heterocycles. The summed E-state index contributed by atoms with van der Waals surface area (Å²) >= 11 is 8.16. The van der Waals surface area contributed by atoms with Crippen LogP contribution < -0.4 is 14.8 Å². The van der Waals surface area contributed by atoms with Gasteiger partial charge in [0.25, 0.3) is 5.91 Å². The fraction of sp³-hybridized carbons (Fsp3) is 0.188. The van der Waals surface area contributed by atoms with Gasteiger partial charge in [-0.3, -0.25) is 4.79 Å². The molecule has 6 heteroatoms. The predicted molar refractivity (Wildman–Crippen MR) is 94.5 cm³/mol. The minimum Gasteiger partial charge on any atom is -0.496 e. The van der Waals surface area contributed by atoms with E-state index in [1.54, 1.807) is 25.3 Å². The lowest BCUT2D eigenvalue weighted by molar-refractivity contribution is -0.123. The fourth-order valence-electron chi connectivity index (χ4n) is 1.81. The number of ether oxygens (including phenoxy) is 2. The highest BCUT2D eigenvalue weighted by Gasteiger charge is 2.07. The largest absolute Gasteiger partial charge is 0.496 e. The summed E-state index contributed by atoms with van der Waals surface area (Å²) in [5.74, 6) is 1.14. The molecule has 0 saturated carbocycles. The lowest BCUT2D eigenvalue weighted by Crippen LogP contribution is -2.28. The van der Waals surface area contributed by atoms with E-state index in [0.717, 1.165) is 9.13 Å². The van der Waals surface area contributed by atoms with Crippen LogP contribution in [-0.4, -0.2) is 19.6 Å². The second-order valence-electron chi connectivity index (χ2n) is 4.48. The van der Waals surface area contributed by atoms with Crippen molar-refractivity contribution in [2.45, 2.75) is 6.54 Å². The smallest absolute Gasteiger partial charge is 0.258 e. The van der Waals surface area contributed by atoms with E-state index in [9.17, 15) is 4.79 Å². The number of carbonyl (C=O) groups excluding carboxylic acids is 1. The van der Waals surface area contributed by atoms with Gasteiger partial charge >= 0.3 is 0 Å². The summed E-state index contributed by atoms with van der Waals surface area (Å²) in [6, 6.07) is 12.8. The van der Waals surface area contributed by atoms with Crippen molar-refractivity contribution >= 4 is 40.1 Å². The first-order valence-corrected chi connectivity index (χ1v) is 8.01. The van der Waals surface area contributed by atoms with Gasteiger partial charge in [-0.25, -0.2) is 0 Å². The second kappa shape index (κ2) is 8.24. The van der Waals surface area contributed by atoms with Crippen molar-refractivity contribution in [1.29, 1.82) is 0 Å². The Morgan fingerprint density at radius 2 is 1.95 bits per heavy atom. The van der Waals surface area contributed by atoms with Gasteiger partial charge in [0, 0.05) is 20.7 Å². The summed E-state index contributed by atoms with van der Waals surface area (Å²) in [5, 5.41) is 3.38. The van der Waals surface area contributed by atoms with Crippen LogP contribution in [0, 0.1) is 3.57 Å². The van der Waals surface area contributed by atoms with E-state index in [0.29, 0.717) is 23.1 Å². The van der Waals surface area contributed by atoms with Crippen LogP contribution in [0.3, 0.4) is 0 Å². The van der Waals surface area contributed by atoms with E-state index in [4.69, 9.17) is 21.1 Å². The summed E-state index contributed by atoms with van der Waals surface area (Å²) in [7, 11) is 1.58. The van der Waals surface area contributed by atoms with Gasteiger partial charge in [0.1, 0.15) is 11.5 Å². The highest BCUT2D eigenvalue weighted by molar-refractivity contribution is 14.1.